The Balaban J connectivity index is 1.63. The van der Waals surface area contributed by atoms with Gasteiger partial charge in [-0.2, -0.15) is 0 Å². The average molecular weight is 439 g/mol. The number of ether oxygens (including phenoxy) is 1. The van der Waals surface area contributed by atoms with Crippen LogP contribution in [-0.2, 0) is 14.8 Å². The second-order valence-corrected chi connectivity index (χ2v) is 9.33. The predicted molar refractivity (Wildman–Crippen MR) is 123 cm³/mol. The van der Waals surface area contributed by atoms with E-state index in [0.29, 0.717) is 17.1 Å². The molecule has 3 rings (SSSR count). The van der Waals surface area contributed by atoms with Gasteiger partial charge in [0.15, 0.2) is 6.61 Å². The van der Waals surface area contributed by atoms with Gasteiger partial charge in [-0.3, -0.25) is 9.10 Å². The molecule has 0 bridgehead atoms. The summed E-state index contributed by atoms with van der Waals surface area (Å²) in [6.45, 7) is 3.99. The SMILES string of the molecule is CC(C)c1ccccc1OCC(=O)Nc1ccc(S(=O)(=O)N(C)c2ccccc2)cc1. The van der Waals surface area contributed by atoms with E-state index in [1.165, 1.54) is 23.5 Å². The van der Waals surface area contributed by atoms with Crippen molar-refractivity contribution < 1.29 is 17.9 Å². The number of para-hydroxylation sites is 2. The van der Waals surface area contributed by atoms with Crippen molar-refractivity contribution in [1.29, 1.82) is 0 Å². The zero-order valence-corrected chi connectivity index (χ0v) is 18.6. The summed E-state index contributed by atoms with van der Waals surface area (Å²) >= 11 is 0. The minimum atomic E-state index is -3.70. The fourth-order valence-electron chi connectivity index (χ4n) is 3.07. The van der Waals surface area contributed by atoms with Crippen LogP contribution in [0.4, 0.5) is 11.4 Å². The van der Waals surface area contributed by atoms with Gasteiger partial charge in [-0.1, -0.05) is 50.2 Å². The first-order valence-electron chi connectivity index (χ1n) is 9.94. The highest BCUT2D eigenvalue weighted by Gasteiger charge is 2.21. The Morgan fingerprint density at radius 2 is 1.55 bits per heavy atom. The van der Waals surface area contributed by atoms with Crippen LogP contribution in [-0.4, -0.2) is 28.0 Å². The van der Waals surface area contributed by atoms with Crippen molar-refractivity contribution in [2.75, 3.05) is 23.3 Å². The molecule has 6 nitrogen and oxygen atoms in total. The van der Waals surface area contributed by atoms with Gasteiger partial charge in [0, 0.05) is 12.7 Å². The summed E-state index contributed by atoms with van der Waals surface area (Å²) < 4.78 is 32.6. The van der Waals surface area contributed by atoms with Crippen LogP contribution < -0.4 is 14.4 Å². The van der Waals surface area contributed by atoms with Crippen molar-refractivity contribution in [3.8, 4) is 5.75 Å². The van der Waals surface area contributed by atoms with E-state index >= 15 is 0 Å². The summed E-state index contributed by atoms with van der Waals surface area (Å²) in [7, 11) is -2.19. The third kappa shape index (κ3) is 5.44. The van der Waals surface area contributed by atoms with E-state index < -0.39 is 10.0 Å². The Hall–Kier alpha value is -3.32. The molecule has 0 aromatic heterocycles. The predicted octanol–water partition coefficient (Wildman–Crippen LogP) is 4.65. The molecule has 0 radical (unpaired) electrons. The molecule has 1 N–H and O–H groups in total. The third-order valence-electron chi connectivity index (χ3n) is 4.82. The standard InChI is InChI=1S/C24H26N2O4S/c1-18(2)22-11-7-8-12-23(22)30-17-24(27)25-19-13-15-21(16-14-19)31(28,29)26(3)20-9-5-4-6-10-20/h4-16,18H,17H2,1-3H3,(H,25,27). The van der Waals surface area contributed by atoms with E-state index in [2.05, 4.69) is 19.2 Å². The molecule has 0 saturated heterocycles. The van der Waals surface area contributed by atoms with E-state index in [-0.39, 0.29) is 23.3 Å². The first-order chi connectivity index (χ1) is 14.8. The summed E-state index contributed by atoms with van der Waals surface area (Å²) in [5, 5.41) is 2.73. The van der Waals surface area contributed by atoms with Gasteiger partial charge < -0.3 is 10.1 Å². The van der Waals surface area contributed by atoms with Crippen LogP contribution in [0.1, 0.15) is 25.3 Å². The number of nitrogens with one attached hydrogen (secondary N) is 1. The second kappa shape index (κ2) is 9.66. The summed E-state index contributed by atoms with van der Waals surface area (Å²) in [6.07, 6.45) is 0. The maximum Gasteiger partial charge on any atom is 0.264 e. The van der Waals surface area contributed by atoms with Crippen molar-refractivity contribution in [3.05, 3.63) is 84.4 Å². The molecule has 31 heavy (non-hydrogen) atoms. The van der Waals surface area contributed by atoms with Crippen LogP contribution in [0.3, 0.4) is 0 Å². The number of hydrogen-bond acceptors (Lipinski definition) is 4. The largest absolute Gasteiger partial charge is 0.483 e. The molecule has 0 aliphatic rings. The summed E-state index contributed by atoms with van der Waals surface area (Å²) in [6, 6.07) is 22.5. The number of amides is 1. The maximum absolute atomic E-state index is 12.8. The van der Waals surface area contributed by atoms with Crippen molar-refractivity contribution in [2.24, 2.45) is 0 Å². The monoisotopic (exact) mass is 438 g/mol. The third-order valence-corrected chi connectivity index (χ3v) is 6.62. The number of nitrogens with zero attached hydrogens (tertiary/aromatic N) is 1. The number of hydrogen-bond donors (Lipinski definition) is 1. The van der Waals surface area contributed by atoms with Gasteiger partial charge >= 0.3 is 0 Å². The van der Waals surface area contributed by atoms with Crippen molar-refractivity contribution in [2.45, 2.75) is 24.7 Å². The van der Waals surface area contributed by atoms with E-state index in [1.54, 1.807) is 36.4 Å². The molecule has 0 saturated carbocycles. The Morgan fingerprint density at radius 1 is 0.935 bits per heavy atom. The number of anilines is 2. The molecule has 0 unspecified atom stereocenters. The average Bonchev–Trinajstić information content (AvgIpc) is 2.78. The lowest BCUT2D eigenvalue weighted by Gasteiger charge is -2.19. The van der Waals surface area contributed by atoms with Crippen molar-refractivity contribution >= 4 is 27.3 Å². The first kappa shape index (κ1) is 22.4. The molecule has 0 heterocycles. The van der Waals surface area contributed by atoms with Gasteiger partial charge in [0.05, 0.1) is 10.6 Å². The minimum Gasteiger partial charge on any atom is -0.483 e. The van der Waals surface area contributed by atoms with Crippen molar-refractivity contribution in [1.82, 2.24) is 0 Å². The molecule has 162 valence electrons. The molecule has 3 aromatic rings. The topological polar surface area (TPSA) is 75.7 Å². The number of rotatable bonds is 8. The highest BCUT2D eigenvalue weighted by Crippen LogP contribution is 2.26. The van der Waals surface area contributed by atoms with Gasteiger partial charge in [-0.15, -0.1) is 0 Å². The number of carbonyl (C=O) groups is 1. The van der Waals surface area contributed by atoms with Gasteiger partial charge in [0.1, 0.15) is 5.75 Å². The Bertz CT molecular complexity index is 1130. The van der Waals surface area contributed by atoms with Crippen LogP contribution in [0.2, 0.25) is 0 Å². The second-order valence-electron chi connectivity index (χ2n) is 7.36. The summed E-state index contributed by atoms with van der Waals surface area (Å²) in [5.74, 6) is 0.636. The van der Waals surface area contributed by atoms with E-state index in [9.17, 15) is 13.2 Å². The van der Waals surface area contributed by atoms with Crippen LogP contribution in [0.5, 0.6) is 5.75 Å². The van der Waals surface area contributed by atoms with E-state index in [0.717, 1.165) is 5.56 Å². The van der Waals surface area contributed by atoms with Crippen LogP contribution in [0.25, 0.3) is 0 Å². The molecule has 0 aliphatic carbocycles. The molecule has 3 aromatic carbocycles. The molecule has 7 heteroatoms. The Morgan fingerprint density at radius 3 is 2.19 bits per heavy atom. The number of sulfonamides is 1. The highest BCUT2D eigenvalue weighted by atomic mass is 32.2. The molecular weight excluding hydrogens is 412 g/mol. The fraction of sp³-hybridized carbons (Fsp3) is 0.208. The normalized spacial score (nSPS) is 11.2. The maximum atomic E-state index is 12.8. The quantitative estimate of drug-likeness (QED) is 0.555. The molecule has 0 aliphatic heterocycles. The van der Waals surface area contributed by atoms with Crippen LogP contribution >= 0.6 is 0 Å². The lowest BCUT2D eigenvalue weighted by molar-refractivity contribution is -0.118. The zero-order chi connectivity index (χ0) is 22.4. The van der Waals surface area contributed by atoms with Gasteiger partial charge in [0.25, 0.3) is 15.9 Å². The van der Waals surface area contributed by atoms with Gasteiger partial charge in [-0.05, 0) is 53.9 Å². The lowest BCUT2D eigenvalue weighted by atomic mass is 10.0. The molecule has 0 atom stereocenters. The lowest BCUT2D eigenvalue weighted by Crippen LogP contribution is -2.26. The molecular formula is C24H26N2O4S. The zero-order valence-electron chi connectivity index (χ0n) is 17.8. The summed E-state index contributed by atoms with van der Waals surface area (Å²) in [5.41, 5.74) is 2.10. The Labute approximate surface area is 183 Å². The molecule has 0 spiro atoms. The van der Waals surface area contributed by atoms with Crippen LogP contribution in [0, 0.1) is 0 Å². The number of carbonyl (C=O) groups excluding carboxylic acids is 1. The van der Waals surface area contributed by atoms with Crippen molar-refractivity contribution in [3.63, 3.8) is 0 Å². The van der Waals surface area contributed by atoms with Crippen LogP contribution in [0.15, 0.2) is 83.8 Å². The van der Waals surface area contributed by atoms with E-state index in [1.807, 2.05) is 30.3 Å². The van der Waals surface area contributed by atoms with Gasteiger partial charge in [-0.25, -0.2) is 8.42 Å². The minimum absolute atomic E-state index is 0.138. The molecule has 1 amide bonds. The fourth-order valence-corrected chi connectivity index (χ4v) is 4.27. The van der Waals surface area contributed by atoms with Gasteiger partial charge in [0.2, 0.25) is 0 Å². The summed E-state index contributed by atoms with van der Waals surface area (Å²) in [4.78, 5) is 12.4. The number of benzene rings is 3. The first-order valence-corrected chi connectivity index (χ1v) is 11.4. The molecule has 0 fully saturated rings. The van der Waals surface area contributed by atoms with E-state index in [4.69, 9.17) is 4.74 Å². The highest BCUT2D eigenvalue weighted by molar-refractivity contribution is 7.92. The Kier molecular flexibility index (Phi) is 6.97. The smallest absolute Gasteiger partial charge is 0.264 e.